The minimum atomic E-state index is -0.149. The molecule has 1 saturated heterocycles. The van der Waals surface area contributed by atoms with Crippen LogP contribution in [0.15, 0.2) is 12.1 Å². The van der Waals surface area contributed by atoms with Crippen molar-refractivity contribution in [3.63, 3.8) is 0 Å². The van der Waals surface area contributed by atoms with Gasteiger partial charge in [0.1, 0.15) is 5.75 Å². The van der Waals surface area contributed by atoms with Gasteiger partial charge < -0.3 is 14.8 Å². The molecule has 2 unspecified atom stereocenters. The fourth-order valence-electron chi connectivity index (χ4n) is 3.28. The van der Waals surface area contributed by atoms with E-state index in [0.29, 0.717) is 0 Å². The summed E-state index contributed by atoms with van der Waals surface area (Å²) < 4.78 is 11.8. The third-order valence-electron chi connectivity index (χ3n) is 4.68. The zero-order valence-electron chi connectivity index (χ0n) is 14.1. The Labute approximate surface area is 129 Å². The highest BCUT2D eigenvalue weighted by molar-refractivity contribution is 5.47. The van der Waals surface area contributed by atoms with Gasteiger partial charge in [-0.25, -0.2) is 0 Å². The van der Waals surface area contributed by atoms with Crippen molar-refractivity contribution in [2.24, 2.45) is 0 Å². The molecule has 3 nitrogen and oxygen atoms in total. The summed E-state index contributed by atoms with van der Waals surface area (Å²) in [6, 6.07) is 4.56. The maximum absolute atomic E-state index is 6.11. The fraction of sp³-hybridized carbons (Fsp3) is 0.667. The van der Waals surface area contributed by atoms with Crippen molar-refractivity contribution >= 4 is 0 Å². The largest absolute Gasteiger partial charge is 0.496 e. The molecule has 2 rings (SSSR count). The first-order chi connectivity index (χ1) is 10.0. The first-order valence-corrected chi connectivity index (χ1v) is 8.05. The van der Waals surface area contributed by atoms with E-state index in [1.165, 1.54) is 16.7 Å². The van der Waals surface area contributed by atoms with Crippen molar-refractivity contribution in [3.8, 4) is 5.75 Å². The van der Waals surface area contributed by atoms with Crippen LogP contribution in [0.2, 0.25) is 0 Å². The van der Waals surface area contributed by atoms with Crippen molar-refractivity contribution in [2.45, 2.75) is 58.6 Å². The standard InChI is InChI=1S/C18H29NO2/c1-6-11-19-17(18(4)10-7-12-21-18)15-9-8-13(2)14(3)16(15)20-5/h8-9,17,19H,6-7,10-12H2,1-5H3. The molecule has 118 valence electrons. The highest BCUT2D eigenvalue weighted by atomic mass is 16.5. The molecule has 1 fully saturated rings. The van der Waals surface area contributed by atoms with Crippen LogP contribution in [0.5, 0.6) is 5.75 Å². The molecule has 2 atom stereocenters. The average molecular weight is 291 g/mol. The van der Waals surface area contributed by atoms with Crippen molar-refractivity contribution in [1.29, 1.82) is 0 Å². The van der Waals surface area contributed by atoms with E-state index in [1.54, 1.807) is 7.11 Å². The predicted molar refractivity (Wildman–Crippen MR) is 87.1 cm³/mol. The number of hydrogen-bond donors (Lipinski definition) is 1. The Hall–Kier alpha value is -1.06. The molecule has 1 aliphatic rings. The first kappa shape index (κ1) is 16.3. The first-order valence-electron chi connectivity index (χ1n) is 8.05. The summed E-state index contributed by atoms with van der Waals surface area (Å²) in [4.78, 5) is 0. The second kappa shape index (κ2) is 6.80. The number of benzene rings is 1. The molecule has 21 heavy (non-hydrogen) atoms. The van der Waals surface area contributed by atoms with Crippen LogP contribution in [0.25, 0.3) is 0 Å². The van der Waals surface area contributed by atoms with Crippen LogP contribution in [0.3, 0.4) is 0 Å². The van der Waals surface area contributed by atoms with Gasteiger partial charge in [-0.2, -0.15) is 0 Å². The maximum atomic E-state index is 6.11. The summed E-state index contributed by atoms with van der Waals surface area (Å²) in [5.41, 5.74) is 3.56. The molecule has 0 amide bonds. The lowest BCUT2D eigenvalue weighted by Crippen LogP contribution is -2.41. The van der Waals surface area contributed by atoms with E-state index in [0.717, 1.165) is 38.2 Å². The average Bonchev–Trinajstić information content (AvgIpc) is 2.91. The van der Waals surface area contributed by atoms with Gasteiger partial charge in [-0.1, -0.05) is 19.1 Å². The molecular formula is C18H29NO2. The molecule has 1 aliphatic heterocycles. The van der Waals surface area contributed by atoms with Crippen LogP contribution >= 0.6 is 0 Å². The van der Waals surface area contributed by atoms with Crippen LogP contribution in [-0.2, 0) is 4.74 Å². The third-order valence-corrected chi connectivity index (χ3v) is 4.68. The predicted octanol–water partition coefficient (Wildman–Crippen LogP) is 3.92. The number of hydrogen-bond acceptors (Lipinski definition) is 3. The zero-order chi connectivity index (χ0) is 15.5. The normalized spacial score (nSPS) is 23.3. The van der Waals surface area contributed by atoms with Crippen molar-refractivity contribution in [3.05, 3.63) is 28.8 Å². The van der Waals surface area contributed by atoms with E-state index in [1.807, 2.05) is 0 Å². The quantitative estimate of drug-likeness (QED) is 0.861. The van der Waals surface area contributed by atoms with Gasteiger partial charge in [0.25, 0.3) is 0 Å². The van der Waals surface area contributed by atoms with Gasteiger partial charge >= 0.3 is 0 Å². The van der Waals surface area contributed by atoms with Gasteiger partial charge in [-0.3, -0.25) is 0 Å². The van der Waals surface area contributed by atoms with E-state index >= 15 is 0 Å². The summed E-state index contributed by atoms with van der Waals surface area (Å²) in [6.45, 7) is 10.5. The van der Waals surface area contributed by atoms with Gasteiger partial charge in [0.2, 0.25) is 0 Å². The number of ether oxygens (including phenoxy) is 2. The molecule has 0 saturated carbocycles. The molecular weight excluding hydrogens is 262 g/mol. The number of rotatable bonds is 6. The second-order valence-corrected chi connectivity index (χ2v) is 6.28. The van der Waals surface area contributed by atoms with E-state index in [9.17, 15) is 0 Å². The summed E-state index contributed by atoms with van der Waals surface area (Å²) in [6.07, 6.45) is 3.33. The van der Waals surface area contributed by atoms with E-state index in [-0.39, 0.29) is 11.6 Å². The number of nitrogens with one attached hydrogen (secondary N) is 1. The maximum Gasteiger partial charge on any atom is 0.126 e. The van der Waals surface area contributed by atoms with Crippen LogP contribution < -0.4 is 10.1 Å². The van der Waals surface area contributed by atoms with Crippen LogP contribution in [0, 0.1) is 13.8 Å². The molecule has 0 spiro atoms. The minimum absolute atomic E-state index is 0.149. The Morgan fingerprint density at radius 3 is 2.71 bits per heavy atom. The molecule has 0 bridgehead atoms. The lowest BCUT2D eigenvalue weighted by Gasteiger charge is -2.35. The smallest absolute Gasteiger partial charge is 0.126 e. The van der Waals surface area contributed by atoms with E-state index in [4.69, 9.17) is 9.47 Å². The van der Waals surface area contributed by atoms with Crippen molar-refractivity contribution in [2.75, 3.05) is 20.3 Å². The summed E-state index contributed by atoms with van der Waals surface area (Å²) in [5, 5.41) is 3.68. The second-order valence-electron chi connectivity index (χ2n) is 6.28. The third kappa shape index (κ3) is 3.24. The highest BCUT2D eigenvalue weighted by Gasteiger charge is 2.40. The molecule has 3 heteroatoms. The summed E-state index contributed by atoms with van der Waals surface area (Å²) >= 11 is 0. The van der Waals surface area contributed by atoms with Crippen molar-refractivity contribution < 1.29 is 9.47 Å². The van der Waals surface area contributed by atoms with Gasteiger partial charge in [0.15, 0.2) is 0 Å². The molecule has 0 radical (unpaired) electrons. The van der Waals surface area contributed by atoms with Crippen LogP contribution in [0.4, 0.5) is 0 Å². The Kier molecular flexibility index (Phi) is 5.28. The monoisotopic (exact) mass is 291 g/mol. The highest BCUT2D eigenvalue weighted by Crippen LogP contribution is 2.42. The topological polar surface area (TPSA) is 30.5 Å². The Morgan fingerprint density at radius 2 is 2.14 bits per heavy atom. The Balaban J connectivity index is 2.43. The van der Waals surface area contributed by atoms with Gasteiger partial charge in [0.05, 0.1) is 18.8 Å². The van der Waals surface area contributed by atoms with Crippen molar-refractivity contribution in [1.82, 2.24) is 5.32 Å². The molecule has 1 N–H and O–H groups in total. The number of methoxy groups -OCH3 is 1. The van der Waals surface area contributed by atoms with E-state index in [2.05, 4.69) is 45.1 Å². The lowest BCUT2D eigenvalue weighted by atomic mass is 9.85. The molecule has 0 aliphatic carbocycles. The summed E-state index contributed by atoms with van der Waals surface area (Å²) in [7, 11) is 1.76. The van der Waals surface area contributed by atoms with Crippen LogP contribution in [-0.4, -0.2) is 25.9 Å². The van der Waals surface area contributed by atoms with Gasteiger partial charge in [0, 0.05) is 12.2 Å². The van der Waals surface area contributed by atoms with Gasteiger partial charge in [-0.05, 0) is 57.7 Å². The lowest BCUT2D eigenvalue weighted by molar-refractivity contribution is -0.0130. The fourth-order valence-corrected chi connectivity index (χ4v) is 3.28. The molecule has 1 aromatic rings. The van der Waals surface area contributed by atoms with E-state index < -0.39 is 0 Å². The summed E-state index contributed by atoms with van der Waals surface area (Å²) in [5.74, 6) is 1.00. The zero-order valence-corrected chi connectivity index (χ0v) is 14.1. The van der Waals surface area contributed by atoms with Crippen LogP contribution in [0.1, 0.15) is 55.8 Å². The van der Waals surface area contributed by atoms with Gasteiger partial charge in [-0.15, -0.1) is 0 Å². The molecule has 1 aromatic carbocycles. The Bertz CT molecular complexity index is 478. The Morgan fingerprint density at radius 1 is 1.38 bits per heavy atom. The number of aryl methyl sites for hydroxylation is 1. The molecule has 0 aromatic heterocycles. The minimum Gasteiger partial charge on any atom is -0.496 e. The SMILES string of the molecule is CCCNC(c1ccc(C)c(C)c1OC)C1(C)CCCO1. The molecule has 1 heterocycles.